The van der Waals surface area contributed by atoms with Crippen molar-refractivity contribution in [3.8, 4) is 0 Å². The molecule has 3 unspecified atom stereocenters. The number of esters is 4. The van der Waals surface area contributed by atoms with Gasteiger partial charge in [0.15, 0.2) is 12.2 Å². The Morgan fingerprint density at radius 1 is 0.315 bits per heavy atom. The van der Waals surface area contributed by atoms with Crippen LogP contribution in [0.2, 0.25) is 0 Å². The monoisotopic (exact) mass is 1350 g/mol. The fourth-order valence-electron chi connectivity index (χ4n) is 11.0. The number of carbonyl (C=O) groups excluding carboxylic acids is 4. The highest BCUT2D eigenvalue weighted by Crippen LogP contribution is 2.45. The van der Waals surface area contributed by atoms with Crippen molar-refractivity contribution in [2.24, 2.45) is 17.8 Å². The number of phosphoric acid groups is 2. The predicted molar refractivity (Wildman–Crippen MR) is 372 cm³/mol. The first kappa shape index (κ1) is 90.1. The zero-order valence-electron chi connectivity index (χ0n) is 60.0. The molecule has 17 nitrogen and oxygen atoms in total. The number of phosphoric ester groups is 2. The first-order chi connectivity index (χ1) is 44.3. The van der Waals surface area contributed by atoms with Gasteiger partial charge in [0.1, 0.15) is 19.3 Å². The van der Waals surface area contributed by atoms with E-state index >= 15 is 0 Å². The van der Waals surface area contributed by atoms with Crippen molar-refractivity contribution < 1.29 is 80.2 Å². The molecule has 0 saturated heterocycles. The summed E-state index contributed by atoms with van der Waals surface area (Å²) >= 11 is 0. The summed E-state index contributed by atoms with van der Waals surface area (Å²) in [5, 5.41) is 10.6. The molecule has 546 valence electrons. The molecule has 0 amide bonds. The number of carbonyl (C=O) groups is 4. The van der Waals surface area contributed by atoms with Crippen LogP contribution >= 0.6 is 15.6 Å². The van der Waals surface area contributed by atoms with Crippen LogP contribution < -0.4 is 0 Å². The summed E-state index contributed by atoms with van der Waals surface area (Å²) < 4.78 is 68.3. The van der Waals surface area contributed by atoms with Gasteiger partial charge in [-0.1, -0.05) is 318 Å². The highest BCUT2D eigenvalue weighted by Gasteiger charge is 2.30. The van der Waals surface area contributed by atoms with Crippen LogP contribution in [0.1, 0.15) is 370 Å². The lowest BCUT2D eigenvalue weighted by atomic mass is 10.00. The van der Waals surface area contributed by atoms with Crippen molar-refractivity contribution in [3.05, 3.63) is 0 Å². The van der Waals surface area contributed by atoms with Crippen LogP contribution in [0.5, 0.6) is 0 Å². The second-order valence-electron chi connectivity index (χ2n) is 27.5. The van der Waals surface area contributed by atoms with Gasteiger partial charge in [-0.3, -0.25) is 37.3 Å². The van der Waals surface area contributed by atoms with Crippen molar-refractivity contribution in [1.29, 1.82) is 0 Å². The van der Waals surface area contributed by atoms with Gasteiger partial charge in [-0.25, -0.2) is 9.13 Å². The van der Waals surface area contributed by atoms with E-state index in [1.807, 2.05) is 0 Å². The molecule has 0 bridgehead atoms. The minimum Gasteiger partial charge on any atom is -0.462 e. The van der Waals surface area contributed by atoms with E-state index in [4.69, 9.17) is 37.0 Å². The summed E-state index contributed by atoms with van der Waals surface area (Å²) in [5.74, 6) is 0.0430. The highest BCUT2D eigenvalue weighted by atomic mass is 31.2. The maximum Gasteiger partial charge on any atom is 0.472 e. The second-order valence-corrected chi connectivity index (χ2v) is 30.4. The van der Waals surface area contributed by atoms with Crippen LogP contribution in [0.4, 0.5) is 0 Å². The molecule has 92 heavy (non-hydrogen) atoms. The third-order valence-corrected chi connectivity index (χ3v) is 19.1. The number of rotatable bonds is 71. The average molecular weight is 1350 g/mol. The summed E-state index contributed by atoms with van der Waals surface area (Å²) in [6.45, 7) is 11.7. The molecule has 0 aromatic carbocycles. The van der Waals surface area contributed by atoms with Crippen LogP contribution in [-0.4, -0.2) is 96.7 Å². The number of hydrogen-bond donors (Lipinski definition) is 3. The van der Waals surface area contributed by atoms with Crippen LogP contribution in [-0.2, 0) is 65.4 Å². The molecule has 0 saturated carbocycles. The van der Waals surface area contributed by atoms with E-state index in [9.17, 15) is 43.2 Å². The second kappa shape index (κ2) is 63.8. The predicted octanol–water partition coefficient (Wildman–Crippen LogP) is 21.0. The largest absolute Gasteiger partial charge is 0.472 e. The lowest BCUT2D eigenvalue weighted by molar-refractivity contribution is -0.161. The molecular weight excluding hydrogens is 1210 g/mol. The van der Waals surface area contributed by atoms with Crippen LogP contribution in [0.25, 0.3) is 0 Å². The summed E-state index contributed by atoms with van der Waals surface area (Å²) in [7, 11) is -9.90. The van der Waals surface area contributed by atoms with E-state index in [2.05, 4.69) is 48.5 Å². The van der Waals surface area contributed by atoms with Gasteiger partial charge in [-0.05, 0) is 43.4 Å². The molecular formula is C73H142O17P2. The zero-order valence-corrected chi connectivity index (χ0v) is 61.8. The molecule has 19 heteroatoms. The summed E-state index contributed by atoms with van der Waals surface area (Å²) in [6.07, 6.45) is 48.9. The summed E-state index contributed by atoms with van der Waals surface area (Å²) in [4.78, 5) is 72.6. The number of aliphatic hydroxyl groups is 1. The van der Waals surface area contributed by atoms with Crippen molar-refractivity contribution in [2.75, 3.05) is 39.6 Å². The van der Waals surface area contributed by atoms with Crippen molar-refractivity contribution in [1.82, 2.24) is 0 Å². The third kappa shape index (κ3) is 65.4. The molecule has 0 aromatic heterocycles. The van der Waals surface area contributed by atoms with Crippen molar-refractivity contribution in [3.63, 3.8) is 0 Å². The van der Waals surface area contributed by atoms with E-state index in [0.717, 1.165) is 108 Å². The maximum absolute atomic E-state index is 13.0. The molecule has 6 atom stereocenters. The Morgan fingerprint density at radius 2 is 0.554 bits per heavy atom. The van der Waals surface area contributed by atoms with E-state index in [0.29, 0.717) is 31.6 Å². The summed E-state index contributed by atoms with van der Waals surface area (Å²) in [6, 6.07) is 0. The standard InChI is InChI=1S/C73H142O17P2/c1-8-10-11-12-13-14-15-16-17-18-19-20-21-22-23-24-27-33-42-49-56-72(77)89-68(60-83-70(75)54-47-40-32-28-25-26-30-37-44-51-64(3)4)62-87-91(79,80)85-58-67(74)59-86-92(81,82)88-63-69(90-73(78)57-50-43-34-29-31-38-45-52-65(5)6)61-84-71(76)55-48-41-36-35-39-46-53-66(7)9-2/h64-69,74H,8-63H2,1-7H3,(H,79,80)(H,81,82)/t66?,67-,68-,69-/m1/s1. The van der Waals surface area contributed by atoms with Gasteiger partial charge in [0.25, 0.3) is 0 Å². The van der Waals surface area contributed by atoms with Crippen LogP contribution in [0.3, 0.4) is 0 Å². The Hall–Kier alpha value is -1.94. The van der Waals surface area contributed by atoms with Gasteiger partial charge >= 0.3 is 39.5 Å². The topological polar surface area (TPSA) is 237 Å². The first-order valence-corrected chi connectivity index (χ1v) is 40.9. The molecule has 0 aliphatic rings. The normalized spacial score (nSPS) is 14.4. The van der Waals surface area contributed by atoms with Crippen molar-refractivity contribution in [2.45, 2.75) is 388 Å². The zero-order chi connectivity index (χ0) is 68.0. The molecule has 0 aliphatic carbocycles. The van der Waals surface area contributed by atoms with Crippen LogP contribution in [0, 0.1) is 17.8 Å². The van der Waals surface area contributed by atoms with Gasteiger partial charge in [0.05, 0.1) is 26.4 Å². The maximum atomic E-state index is 13.0. The van der Waals surface area contributed by atoms with Gasteiger partial charge in [-0.15, -0.1) is 0 Å². The Labute approximate surface area is 562 Å². The molecule has 0 spiro atoms. The van der Waals surface area contributed by atoms with Gasteiger partial charge in [-0.2, -0.15) is 0 Å². The third-order valence-electron chi connectivity index (χ3n) is 17.2. The Bertz CT molecular complexity index is 1800. The van der Waals surface area contributed by atoms with E-state index in [1.165, 1.54) is 173 Å². The Balaban J connectivity index is 5.20. The van der Waals surface area contributed by atoms with Gasteiger partial charge < -0.3 is 33.8 Å². The van der Waals surface area contributed by atoms with E-state index in [1.54, 1.807) is 0 Å². The molecule has 0 aromatic rings. The van der Waals surface area contributed by atoms with Crippen LogP contribution in [0.15, 0.2) is 0 Å². The number of hydrogen-bond acceptors (Lipinski definition) is 15. The first-order valence-electron chi connectivity index (χ1n) is 37.9. The molecule has 0 rings (SSSR count). The number of ether oxygens (including phenoxy) is 4. The molecule has 0 fully saturated rings. The summed E-state index contributed by atoms with van der Waals surface area (Å²) in [5.41, 5.74) is 0. The minimum absolute atomic E-state index is 0.102. The number of aliphatic hydroxyl groups excluding tert-OH is 1. The smallest absolute Gasteiger partial charge is 0.462 e. The number of unbranched alkanes of at least 4 members (excludes halogenated alkanes) is 38. The minimum atomic E-state index is -4.95. The fourth-order valence-corrected chi connectivity index (χ4v) is 12.6. The highest BCUT2D eigenvalue weighted by molar-refractivity contribution is 7.47. The van der Waals surface area contributed by atoms with Crippen molar-refractivity contribution >= 4 is 39.5 Å². The molecule has 0 heterocycles. The van der Waals surface area contributed by atoms with E-state index < -0.39 is 97.5 Å². The lowest BCUT2D eigenvalue weighted by Crippen LogP contribution is -2.30. The Morgan fingerprint density at radius 3 is 0.826 bits per heavy atom. The Kier molecular flexibility index (Phi) is 62.4. The molecule has 0 aliphatic heterocycles. The SMILES string of the molecule is CCCCCCCCCCCCCCCCCCCCCCC(=O)O[C@H](COC(=O)CCCCCCCCCCCC(C)C)COP(=O)(O)OC[C@@H](O)COP(=O)(O)OC[C@@H](COC(=O)CCCCCCCCC(C)CC)OC(=O)CCCCCCCCCC(C)C. The average Bonchev–Trinajstić information content (AvgIpc) is 1.71. The molecule has 0 radical (unpaired) electrons. The lowest BCUT2D eigenvalue weighted by Gasteiger charge is -2.21. The quantitative estimate of drug-likeness (QED) is 0.0222. The van der Waals surface area contributed by atoms with E-state index in [-0.39, 0.29) is 25.7 Å². The van der Waals surface area contributed by atoms with Gasteiger partial charge in [0, 0.05) is 25.7 Å². The molecule has 3 N–H and O–H groups in total. The fraction of sp³-hybridized carbons (Fsp3) is 0.945. The van der Waals surface area contributed by atoms with Gasteiger partial charge in [0.2, 0.25) is 0 Å².